The highest BCUT2D eigenvalue weighted by Gasteiger charge is 2.20. The Morgan fingerprint density at radius 1 is 0.923 bits per heavy atom. The molecule has 198 valence electrons. The van der Waals surface area contributed by atoms with Gasteiger partial charge in [-0.3, -0.25) is 14.4 Å². The Morgan fingerprint density at radius 2 is 1.69 bits per heavy atom. The molecule has 1 atom stereocenters. The van der Waals surface area contributed by atoms with Gasteiger partial charge in [0.25, 0.3) is 11.8 Å². The number of para-hydroxylation sites is 1. The lowest BCUT2D eigenvalue weighted by molar-refractivity contribution is -0.116. The van der Waals surface area contributed by atoms with Crippen LogP contribution < -0.4 is 16.0 Å². The van der Waals surface area contributed by atoms with Crippen LogP contribution in [0.5, 0.6) is 0 Å². The van der Waals surface area contributed by atoms with Gasteiger partial charge in [-0.15, -0.1) is 11.8 Å². The molecule has 0 fully saturated rings. The highest BCUT2D eigenvalue weighted by Crippen LogP contribution is 2.30. The highest BCUT2D eigenvalue weighted by atomic mass is 79.9. The number of hydrogen-bond donors (Lipinski definition) is 3. The average Bonchev–Trinajstić information content (AvgIpc) is 3.46. The maximum absolute atomic E-state index is 13.2. The molecule has 4 aromatic rings. The molecule has 0 saturated heterocycles. The third kappa shape index (κ3) is 7.95. The van der Waals surface area contributed by atoms with Crippen LogP contribution in [0.25, 0.3) is 6.08 Å². The van der Waals surface area contributed by atoms with E-state index in [1.54, 1.807) is 60.7 Å². The fourth-order valence-corrected chi connectivity index (χ4v) is 4.96. The summed E-state index contributed by atoms with van der Waals surface area (Å²) in [4.78, 5) is 39.7. The number of furan rings is 1. The van der Waals surface area contributed by atoms with Crippen molar-refractivity contribution in [2.45, 2.75) is 23.5 Å². The van der Waals surface area contributed by atoms with Gasteiger partial charge in [-0.1, -0.05) is 43.3 Å². The van der Waals surface area contributed by atoms with E-state index in [9.17, 15) is 14.4 Å². The zero-order valence-electron chi connectivity index (χ0n) is 21.0. The third-order valence-corrected chi connectivity index (χ3v) is 7.57. The van der Waals surface area contributed by atoms with Crippen LogP contribution in [0.4, 0.5) is 11.4 Å². The summed E-state index contributed by atoms with van der Waals surface area (Å²) in [6.45, 7) is 1.95. The second kappa shape index (κ2) is 13.6. The Labute approximate surface area is 239 Å². The van der Waals surface area contributed by atoms with Crippen molar-refractivity contribution in [2.75, 3.05) is 10.6 Å². The maximum atomic E-state index is 13.2. The molecule has 3 aromatic carbocycles. The Morgan fingerprint density at radius 3 is 2.41 bits per heavy atom. The molecule has 1 aromatic heterocycles. The monoisotopic (exact) mass is 603 g/mol. The van der Waals surface area contributed by atoms with Gasteiger partial charge in [-0.25, -0.2) is 0 Å². The Balaban J connectivity index is 1.47. The van der Waals surface area contributed by atoms with E-state index in [1.165, 1.54) is 24.1 Å². The van der Waals surface area contributed by atoms with E-state index in [0.717, 1.165) is 9.37 Å². The van der Waals surface area contributed by atoms with Gasteiger partial charge in [-0.05, 0) is 76.9 Å². The third-order valence-electron chi connectivity index (χ3n) is 5.52. The van der Waals surface area contributed by atoms with Crippen LogP contribution in [-0.4, -0.2) is 23.0 Å². The standard InChI is InChI=1S/C30H26BrN3O4S/c1-2-27(30(37)33-25-16-7-6-15-24(25)31)39-23-14-8-12-21(18-23)32-29(36)26(19-22-13-9-17-38-22)34-28(35)20-10-4-3-5-11-20/h3-19,27H,2H2,1H3,(H,32,36)(H,33,37)(H,34,35)/b26-19-. The minimum atomic E-state index is -0.517. The molecule has 0 aliphatic heterocycles. The minimum Gasteiger partial charge on any atom is -0.465 e. The number of rotatable bonds is 10. The van der Waals surface area contributed by atoms with Crippen LogP contribution in [0.1, 0.15) is 29.5 Å². The molecule has 9 heteroatoms. The number of hydrogen-bond acceptors (Lipinski definition) is 5. The summed E-state index contributed by atoms with van der Waals surface area (Å²) >= 11 is 4.86. The summed E-state index contributed by atoms with van der Waals surface area (Å²) in [6, 6.07) is 26.7. The summed E-state index contributed by atoms with van der Waals surface area (Å²) in [7, 11) is 0. The van der Waals surface area contributed by atoms with Crippen molar-refractivity contribution in [3.8, 4) is 0 Å². The van der Waals surface area contributed by atoms with Gasteiger partial charge in [0, 0.05) is 26.7 Å². The van der Waals surface area contributed by atoms with Gasteiger partial charge in [0.1, 0.15) is 11.5 Å². The van der Waals surface area contributed by atoms with Crippen molar-refractivity contribution in [3.63, 3.8) is 0 Å². The quantitative estimate of drug-likeness (QED) is 0.134. The highest BCUT2D eigenvalue weighted by molar-refractivity contribution is 9.10. The van der Waals surface area contributed by atoms with Crippen molar-refractivity contribution in [1.82, 2.24) is 5.32 Å². The van der Waals surface area contributed by atoms with Crippen molar-refractivity contribution in [1.29, 1.82) is 0 Å². The SMILES string of the molecule is CCC(Sc1cccc(NC(=O)/C(=C/c2ccco2)NC(=O)c2ccccc2)c1)C(=O)Nc1ccccc1Br. The number of nitrogens with one attached hydrogen (secondary N) is 3. The summed E-state index contributed by atoms with van der Waals surface area (Å²) in [5.74, 6) is -0.637. The van der Waals surface area contributed by atoms with E-state index in [2.05, 4.69) is 31.9 Å². The van der Waals surface area contributed by atoms with E-state index in [4.69, 9.17) is 4.42 Å². The number of amides is 3. The smallest absolute Gasteiger partial charge is 0.272 e. The first kappa shape index (κ1) is 27.9. The van der Waals surface area contributed by atoms with Crippen LogP contribution in [0.3, 0.4) is 0 Å². The predicted octanol–water partition coefficient (Wildman–Crippen LogP) is 6.96. The average molecular weight is 605 g/mol. The number of halogens is 1. The molecule has 0 saturated carbocycles. The molecule has 1 unspecified atom stereocenters. The van der Waals surface area contributed by atoms with E-state index >= 15 is 0 Å². The summed E-state index contributed by atoms with van der Waals surface area (Å²) < 4.78 is 6.15. The number of benzene rings is 3. The van der Waals surface area contributed by atoms with Gasteiger partial charge < -0.3 is 20.4 Å². The van der Waals surface area contributed by atoms with Gasteiger partial charge in [0.15, 0.2) is 0 Å². The zero-order valence-corrected chi connectivity index (χ0v) is 23.4. The van der Waals surface area contributed by atoms with Gasteiger partial charge in [0.2, 0.25) is 5.91 Å². The number of carbonyl (C=O) groups excluding carboxylic acids is 3. The molecule has 39 heavy (non-hydrogen) atoms. The largest absolute Gasteiger partial charge is 0.465 e. The molecule has 0 aliphatic carbocycles. The second-order valence-electron chi connectivity index (χ2n) is 8.36. The molecule has 3 N–H and O–H groups in total. The first-order valence-corrected chi connectivity index (χ1v) is 13.8. The molecule has 0 bridgehead atoms. The molecule has 3 amide bonds. The topological polar surface area (TPSA) is 100 Å². The van der Waals surface area contributed by atoms with E-state index in [1.807, 2.05) is 37.3 Å². The molecule has 0 aliphatic rings. The minimum absolute atomic E-state index is 0.0242. The number of carbonyl (C=O) groups is 3. The summed E-state index contributed by atoms with van der Waals surface area (Å²) in [5, 5.41) is 8.13. The van der Waals surface area contributed by atoms with Crippen molar-refractivity contribution >= 4 is 62.9 Å². The fourth-order valence-electron chi connectivity index (χ4n) is 3.57. The van der Waals surface area contributed by atoms with E-state index in [-0.39, 0.29) is 16.9 Å². The Bertz CT molecular complexity index is 1470. The molecule has 4 rings (SSSR count). The van der Waals surface area contributed by atoms with Crippen molar-refractivity contribution < 1.29 is 18.8 Å². The number of thioether (sulfide) groups is 1. The van der Waals surface area contributed by atoms with Crippen LogP contribution in [0.15, 0.2) is 117 Å². The van der Waals surface area contributed by atoms with Crippen LogP contribution in [-0.2, 0) is 9.59 Å². The summed E-state index contributed by atoms with van der Waals surface area (Å²) in [5.41, 5.74) is 1.66. The van der Waals surface area contributed by atoms with E-state index < -0.39 is 11.8 Å². The predicted molar refractivity (Wildman–Crippen MR) is 158 cm³/mol. The fraction of sp³-hybridized carbons (Fsp3) is 0.100. The molecular formula is C30H26BrN3O4S. The van der Waals surface area contributed by atoms with Crippen LogP contribution in [0.2, 0.25) is 0 Å². The molecule has 0 spiro atoms. The summed E-state index contributed by atoms with van der Waals surface area (Å²) in [6.07, 6.45) is 3.56. The van der Waals surface area contributed by atoms with Gasteiger partial charge >= 0.3 is 0 Å². The Hall–Kier alpha value is -4.08. The Kier molecular flexibility index (Phi) is 9.77. The van der Waals surface area contributed by atoms with Crippen LogP contribution in [0, 0.1) is 0 Å². The molecule has 0 radical (unpaired) electrons. The van der Waals surface area contributed by atoms with Crippen LogP contribution >= 0.6 is 27.7 Å². The van der Waals surface area contributed by atoms with Gasteiger partial charge in [0.05, 0.1) is 17.2 Å². The lowest BCUT2D eigenvalue weighted by Gasteiger charge is -2.16. The molecule has 1 heterocycles. The second-order valence-corrected chi connectivity index (χ2v) is 10.5. The number of anilines is 2. The van der Waals surface area contributed by atoms with Crippen molar-refractivity contribution in [3.05, 3.63) is 119 Å². The first-order valence-electron chi connectivity index (χ1n) is 12.2. The molecule has 7 nitrogen and oxygen atoms in total. The van der Waals surface area contributed by atoms with Crippen molar-refractivity contribution in [2.24, 2.45) is 0 Å². The first-order chi connectivity index (χ1) is 18.9. The molecular weight excluding hydrogens is 578 g/mol. The maximum Gasteiger partial charge on any atom is 0.272 e. The van der Waals surface area contributed by atoms with Gasteiger partial charge in [-0.2, -0.15) is 0 Å². The lowest BCUT2D eigenvalue weighted by Crippen LogP contribution is -2.30. The zero-order chi connectivity index (χ0) is 27.6. The van der Waals surface area contributed by atoms with E-state index in [0.29, 0.717) is 29.1 Å². The lowest BCUT2D eigenvalue weighted by atomic mass is 10.2. The normalized spacial score (nSPS) is 11.9.